The normalized spacial score (nSPS) is 14.3. The summed E-state index contributed by atoms with van der Waals surface area (Å²) in [5, 5.41) is 0. The number of anilines is 1. The maximum Gasteiger partial charge on any atom is 0.185 e. The lowest BCUT2D eigenvalue weighted by molar-refractivity contribution is 0.172. The van der Waals surface area contributed by atoms with Crippen LogP contribution in [-0.2, 0) is 0 Å². The molecule has 2 N–H and O–H groups in total. The molecular formula is C9H10INO2. The Hall–Kier alpha value is -0.650. The van der Waals surface area contributed by atoms with Crippen LogP contribution in [0.5, 0.6) is 11.5 Å². The monoisotopic (exact) mass is 291 g/mol. The number of hydrogen-bond acceptors (Lipinski definition) is 3. The highest BCUT2D eigenvalue weighted by Gasteiger charge is 2.18. The van der Waals surface area contributed by atoms with Crippen LogP contribution >= 0.6 is 22.6 Å². The van der Waals surface area contributed by atoms with E-state index in [2.05, 4.69) is 22.6 Å². The molecule has 4 heteroatoms. The first-order valence-electron chi connectivity index (χ1n) is 4.04. The van der Waals surface area contributed by atoms with Gasteiger partial charge < -0.3 is 15.2 Å². The van der Waals surface area contributed by atoms with Gasteiger partial charge in [0.15, 0.2) is 11.5 Å². The summed E-state index contributed by atoms with van der Waals surface area (Å²) in [7, 11) is 0. The van der Waals surface area contributed by atoms with E-state index in [1.165, 1.54) is 0 Å². The summed E-state index contributed by atoms with van der Waals surface area (Å²) in [4.78, 5) is 0. The van der Waals surface area contributed by atoms with E-state index < -0.39 is 0 Å². The largest absolute Gasteiger partial charge is 0.486 e. The molecule has 2 rings (SSSR count). The third-order valence-electron chi connectivity index (χ3n) is 1.99. The summed E-state index contributed by atoms with van der Waals surface area (Å²) in [6.07, 6.45) is 0. The average molecular weight is 291 g/mol. The number of nitrogen functional groups attached to an aromatic ring is 1. The summed E-state index contributed by atoms with van der Waals surface area (Å²) >= 11 is 2.21. The van der Waals surface area contributed by atoms with E-state index in [0.29, 0.717) is 24.7 Å². The fraction of sp³-hybridized carbons (Fsp3) is 0.333. The van der Waals surface area contributed by atoms with Gasteiger partial charge in [-0.2, -0.15) is 0 Å². The third-order valence-corrected chi connectivity index (χ3v) is 3.42. The molecule has 70 valence electrons. The Morgan fingerprint density at radius 2 is 2.08 bits per heavy atom. The topological polar surface area (TPSA) is 44.5 Å². The standard InChI is InChI=1S/C9H10INO2/c1-5-4-6-9(8(11)7(5)10)13-3-2-12-6/h4H,2-3,11H2,1H3. The van der Waals surface area contributed by atoms with Crippen LogP contribution in [0.15, 0.2) is 6.07 Å². The Morgan fingerprint density at radius 1 is 1.38 bits per heavy atom. The van der Waals surface area contributed by atoms with Gasteiger partial charge in [-0.25, -0.2) is 0 Å². The molecule has 1 aliphatic rings. The number of aryl methyl sites for hydroxylation is 1. The van der Waals surface area contributed by atoms with E-state index in [1.54, 1.807) is 0 Å². The molecule has 0 unspecified atom stereocenters. The van der Waals surface area contributed by atoms with Gasteiger partial charge in [0.05, 0.1) is 5.69 Å². The third kappa shape index (κ3) is 1.43. The van der Waals surface area contributed by atoms with Crippen LogP contribution in [0.25, 0.3) is 0 Å². The van der Waals surface area contributed by atoms with Crippen LogP contribution in [0, 0.1) is 10.5 Å². The number of halogens is 1. The predicted molar refractivity (Wildman–Crippen MR) is 59.3 cm³/mol. The van der Waals surface area contributed by atoms with Gasteiger partial charge in [-0.05, 0) is 41.1 Å². The predicted octanol–water partition coefficient (Wildman–Crippen LogP) is 1.95. The molecule has 0 aliphatic carbocycles. The van der Waals surface area contributed by atoms with Crippen LogP contribution in [0.4, 0.5) is 5.69 Å². The van der Waals surface area contributed by atoms with Crippen molar-refractivity contribution in [3.63, 3.8) is 0 Å². The van der Waals surface area contributed by atoms with Crippen LogP contribution in [0.3, 0.4) is 0 Å². The van der Waals surface area contributed by atoms with Gasteiger partial charge in [0.1, 0.15) is 13.2 Å². The molecule has 1 aromatic rings. The molecule has 0 saturated heterocycles. The van der Waals surface area contributed by atoms with E-state index in [9.17, 15) is 0 Å². The quantitative estimate of drug-likeness (QED) is 0.587. The van der Waals surface area contributed by atoms with Crippen LogP contribution < -0.4 is 15.2 Å². The zero-order valence-corrected chi connectivity index (χ0v) is 9.42. The maximum absolute atomic E-state index is 5.89. The highest BCUT2D eigenvalue weighted by atomic mass is 127. The number of fused-ring (bicyclic) bond motifs is 1. The first kappa shape index (κ1) is 8.93. The van der Waals surface area contributed by atoms with E-state index in [1.807, 2.05) is 13.0 Å². The Bertz CT molecular complexity index is 352. The highest BCUT2D eigenvalue weighted by Crippen LogP contribution is 2.40. The Morgan fingerprint density at radius 3 is 2.85 bits per heavy atom. The molecule has 1 aromatic carbocycles. The minimum Gasteiger partial charge on any atom is -0.486 e. The molecule has 0 aromatic heterocycles. The average Bonchev–Trinajstić information content (AvgIpc) is 2.15. The Labute approximate surface area is 90.3 Å². The van der Waals surface area contributed by atoms with E-state index >= 15 is 0 Å². The fourth-order valence-electron chi connectivity index (χ4n) is 1.32. The molecule has 0 fully saturated rings. The van der Waals surface area contributed by atoms with Crippen molar-refractivity contribution in [2.24, 2.45) is 0 Å². The molecule has 0 spiro atoms. The molecule has 0 atom stereocenters. The summed E-state index contributed by atoms with van der Waals surface area (Å²) in [5.41, 5.74) is 7.71. The molecule has 0 bridgehead atoms. The minimum atomic E-state index is 0.580. The number of benzene rings is 1. The van der Waals surface area contributed by atoms with Gasteiger partial charge in [-0.3, -0.25) is 0 Å². The van der Waals surface area contributed by atoms with E-state index in [-0.39, 0.29) is 0 Å². The Balaban J connectivity index is 2.60. The number of nitrogens with two attached hydrogens (primary N) is 1. The summed E-state index contributed by atoms with van der Waals surface area (Å²) in [6, 6.07) is 1.96. The number of hydrogen-bond donors (Lipinski definition) is 1. The first-order valence-corrected chi connectivity index (χ1v) is 5.12. The molecule has 3 nitrogen and oxygen atoms in total. The molecule has 1 aliphatic heterocycles. The molecule has 0 radical (unpaired) electrons. The zero-order chi connectivity index (χ0) is 9.42. The molecule has 1 heterocycles. The molecule has 0 amide bonds. The van der Waals surface area contributed by atoms with E-state index in [0.717, 1.165) is 14.9 Å². The van der Waals surface area contributed by atoms with Crippen LogP contribution in [-0.4, -0.2) is 13.2 Å². The van der Waals surface area contributed by atoms with Crippen LogP contribution in [0.2, 0.25) is 0 Å². The number of rotatable bonds is 0. The van der Waals surface area contributed by atoms with Gasteiger partial charge in [0, 0.05) is 3.57 Å². The van der Waals surface area contributed by atoms with Gasteiger partial charge in [-0.15, -0.1) is 0 Å². The van der Waals surface area contributed by atoms with Crippen LogP contribution in [0.1, 0.15) is 5.56 Å². The second-order valence-corrected chi connectivity index (χ2v) is 4.02. The summed E-state index contributed by atoms with van der Waals surface area (Å²) in [5.74, 6) is 1.46. The van der Waals surface area contributed by atoms with Crippen molar-refractivity contribution in [1.82, 2.24) is 0 Å². The van der Waals surface area contributed by atoms with Crippen molar-refractivity contribution in [2.75, 3.05) is 18.9 Å². The van der Waals surface area contributed by atoms with Crippen molar-refractivity contribution in [3.8, 4) is 11.5 Å². The number of ether oxygens (including phenoxy) is 2. The van der Waals surface area contributed by atoms with Crippen molar-refractivity contribution < 1.29 is 9.47 Å². The lowest BCUT2D eigenvalue weighted by atomic mass is 10.2. The smallest absolute Gasteiger partial charge is 0.185 e. The SMILES string of the molecule is Cc1cc2c(c(N)c1I)OCCO2. The van der Waals surface area contributed by atoms with Crippen molar-refractivity contribution in [2.45, 2.75) is 6.92 Å². The van der Waals surface area contributed by atoms with E-state index in [4.69, 9.17) is 15.2 Å². The molecule has 13 heavy (non-hydrogen) atoms. The minimum absolute atomic E-state index is 0.580. The second kappa shape index (κ2) is 3.25. The summed E-state index contributed by atoms with van der Waals surface area (Å²) < 4.78 is 11.9. The van der Waals surface area contributed by atoms with Gasteiger partial charge in [-0.1, -0.05) is 0 Å². The summed E-state index contributed by atoms with van der Waals surface area (Å²) in [6.45, 7) is 3.19. The molecule has 0 saturated carbocycles. The molecular weight excluding hydrogens is 281 g/mol. The zero-order valence-electron chi connectivity index (χ0n) is 7.26. The Kier molecular flexibility index (Phi) is 2.23. The van der Waals surface area contributed by atoms with Crippen molar-refractivity contribution in [1.29, 1.82) is 0 Å². The van der Waals surface area contributed by atoms with Gasteiger partial charge in [0.2, 0.25) is 0 Å². The second-order valence-electron chi connectivity index (χ2n) is 2.95. The van der Waals surface area contributed by atoms with Crippen molar-refractivity contribution >= 4 is 28.3 Å². The van der Waals surface area contributed by atoms with Gasteiger partial charge >= 0.3 is 0 Å². The highest BCUT2D eigenvalue weighted by molar-refractivity contribution is 14.1. The lowest BCUT2D eigenvalue weighted by Crippen LogP contribution is -2.17. The maximum atomic E-state index is 5.89. The van der Waals surface area contributed by atoms with Crippen molar-refractivity contribution in [3.05, 3.63) is 15.2 Å². The van der Waals surface area contributed by atoms with Gasteiger partial charge in [0.25, 0.3) is 0 Å². The fourth-order valence-corrected chi connectivity index (χ4v) is 1.72. The first-order chi connectivity index (χ1) is 6.20. The lowest BCUT2D eigenvalue weighted by Gasteiger charge is -2.21.